The molecular formula is C13H21ClN2O2S. The minimum atomic E-state index is -0.505. The van der Waals surface area contributed by atoms with Crippen molar-refractivity contribution in [2.75, 3.05) is 13.1 Å². The van der Waals surface area contributed by atoms with Crippen molar-refractivity contribution in [2.24, 2.45) is 5.73 Å². The average Bonchev–Trinajstić information content (AvgIpc) is 2.71. The molecule has 1 atom stereocenters. The number of thiophene rings is 1. The Kier molecular flexibility index (Phi) is 5.24. The monoisotopic (exact) mass is 304 g/mol. The van der Waals surface area contributed by atoms with Crippen molar-refractivity contribution in [3.05, 3.63) is 21.3 Å². The topological polar surface area (TPSA) is 64.3 Å². The SMILES string of the molecule is CC(C)(C)OC(=O)NCC(C)(CN)c1cc(Cl)cs1. The quantitative estimate of drug-likeness (QED) is 0.898. The molecule has 19 heavy (non-hydrogen) atoms. The zero-order valence-corrected chi connectivity index (χ0v) is 13.3. The lowest BCUT2D eigenvalue weighted by Gasteiger charge is -2.28. The van der Waals surface area contributed by atoms with Crippen molar-refractivity contribution in [1.82, 2.24) is 5.32 Å². The first-order valence-corrected chi connectivity index (χ1v) is 7.33. The van der Waals surface area contributed by atoms with Crippen molar-refractivity contribution in [1.29, 1.82) is 0 Å². The van der Waals surface area contributed by atoms with Gasteiger partial charge < -0.3 is 15.8 Å². The molecule has 0 spiro atoms. The third-order valence-electron chi connectivity index (χ3n) is 2.63. The molecule has 6 heteroatoms. The molecule has 1 unspecified atom stereocenters. The van der Waals surface area contributed by atoms with E-state index in [1.807, 2.05) is 39.1 Å². The molecule has 1 aromatic heterocycles. The molecule has 0 saturated heterocycles. The maximum absolute atomic E-state index is 11.7. The third-order valence-corrected chi connectivity index (χ3v) is 4.22. The second-order valence-corrected chi connectivity index (χ2v) is 7.10. The van der Waals surface area contributed by atoms with Gasteiger partial charge in [0.1, 0.15) is 5.60 Å². The minimum Gasteiger partial charge on any atom is -0.444 e. The molecule has 0 bridgehead atoms. The first-order valence-electron chi connectivity index (χ1n) is 6.08. The van der Waals surface area contributed by atoms with E-state index in [0.717, 1.165) is 4.88 Å². The number of halogens is 1. The summed E-state index contributed by atoms with van der Waals surface area (Å²) in [5, 5.41) is 5.31. The molecule has 0 fully saturated rings. The Morgan fingerprint density at radius 3 is 2.53 bits per heavy atom. The number of hydrogen-bond donors (Lipinski definition) is 2. The fraction of sp³-hybridized carbons (Fsp3) is 0.615. The lowest BCUT2D eigenvalue weighted by molar-refractivity contribution is 0.0517. The van der Waals surface area contributed by atoms with E-state index < -0.39 is 11.7 Å². The molecule has 1 aromatic rings. The molecule has 0 aliphatic heterocycles. The van der Waals surface area contributed by atoms with E-state index in [0.29, 0.717) is 18.1 Å². The van der Waals surface area contributed by atoms with Crippen molar-refractivity contribution in [3.8, 4) is 0 Å². The molecular weight excluding hydrogens is 284 g/mol. The summed E-state index contributed by atoms with van der Waals surface area (Å²) in [5.41, 5.74) is 4.99. The van der Waals surface area contributed by atoms with Gasteiger partial charge in [0.05, 0.1) is 5.02 Å². The highest BCUT2D eigenvalue weighted by Crippen LogP contribution is 2.30. The number of nitrogens with two attached hydrogens (primary N) is 1. The summed E-state index contributed by atoms with van der Waals surface area (Å²) in [5.74, 6) is 0. The van der Waals surface area contributed by atoms with Gasteiger partial charge in [-0.3, -0.25) is 0 Å². The number of nitrogens with one attached hydrogen (secondary N) is 1. The van der Waals surface area contributed by atoms with Gasteiger partial charge in [-0.25, -0.2) is 4.79 Å². The molecule has 0 aliphatic carbocycles. The van der Waals surface area contributed by atoms with Crippen LogP contribution in [0.25, 0.3) is 0 Å². The maximum atomic E-state index is 11.7. The molecule has 4 nitrogen and oxygen atoms in total. The van der Waals surface area contributed by atoms with Crippen LogP contribution < -0.4 is 11.1 Å². The first kappa shape index (κ1) is 16.3. The minimum absolute atomic E-state index is 0.339. The van der Waals surface area contributed by atoms with Crippen LogP contribution in [0.3, 0.4) is 0 Å². The van der Waals surface area contributed by atoms with E-state index in [9.17, 15) is 4.79 Å². The Morgan fingerprint density at radius 2 is 2.11 bits per heavy atom. The fourth-order valence-electron chi connectivity index (χ4n) is 1.47. The highest BCUT2D eigenvalue weighted by molar-refractivity contribution is 7.10. The number of rotatable bonds is 4. The summed E-state index contributed by atoms with van der Waals surface area (Å²) in [6, 6.07) is 1.88. The van der Waals surface area contributed by atoms with Gasteiger partial charge in [-0.15, -0.1) is 11.3 Å². The number of carbonyl (C=O) groups excluding carboxylic acids is 1. The lowest BCUT2D eigenvalue weighted by atomic mass is 9.89. The number of alkyl carbamates (subject to hydrolysis) is 1. The van der Waals surface area contributed by atoms with Crippen LogP contribution in [0, 0.1) is 0 Å². The van der Waals surface area contributed by atoms with E-state index in [4.69, 9.17) is 22.1 Å². The standard InChI is InChI=1S/C13H21ClN2O2S/c1-12(2,3)18-11(17)16-8-13(4,7-15)10-5-9(14)6-19-10/h5-6H,7-8,15H2,1-4H3,(H,16,17). The molecule has 1 rings (SSSR count). The van der Waals surface area contributed by atoms with Crippen LogP contribution >= 0.6 is 22.9 Å². The van der Waals surface area contributed by atoms with Crippen LogP contribution in [0.4, 0.5) is 4.79 Å². The third kappa shape index (κ3) is 5.01. The molecule has 0 saturated carbocycles. The van der Waals surface area contributed by atoms with Gasteiger partial charge in [-0.05, 0) is 26.8 Å². The van der Waals surface area contributed by atoms with E-state index in [1.165, 1.54) is 0 Å². The smallest absolute Gasteiger partial charge is 0.407 e. The zero-order chi connectivity index (χ0) is 14.7. The molecule has 0 aliphatic rings. The fourth-order valence-corrected chi connectivity index (χ4v) is 2.72. The lowest BCUT2D eigenvalue weighted by Crippen LogP contribution is -2.44. The largest absolute Gasteiger partial charge is 0.444 e. The van der Waals surface area contributed by atoms with Gasteiger partial charge in [-0.1, -0.05) is 18.5 Å². The van der Waals surface area contributed by atoms with Crippen LogP contribution in [0.5, 0.6) is 0 Å². The van der Waals surface area contributed by atoms with Crippen LogP contribution in [-0.2, 0) is 10.2 Å². The van der Waals surface area contributed by atoms with Gasteiger partial charge in [0, 0.05) is 28.8 Å². The van der Waals surface area contributed by atoms with Gasteiger partial charge >= 0.3 is 6.09 Å². The zero-order valence-electron chi connectivity index (χ0n) is 11.7. The Balaban J connectivity index is 2.65. The Hall–Kier alpha value is -0.780. The Bertz CT molecular complexity index is 442. The van der Waals surface area contributed by atoms with Crippen LogP contribution in [-0.4, -0.2) is 24.8 Å². The molecule has 108 valence electrons. The molecule has 1 amide bonds. The van der Waals surface area contributed by atoms with Crippen LogP contribution in [0.1, 0.15) is 32.6 Å². The second kappa shape index (κ2) is 6.11. The van der Waals surface area contributed by atoms with Crippen LogP contribution in [0.15, 0.2) is 11.4 Å². The van der Waals surface area contributed by atoms with E-state index in [2.05, 4.69) is 5.32 Å². The first-order chi connectivity index (χ1) is 8.66. The summed E-state index contributed by atoms with van der Waals surface area (Å²) in [4.78, 5) is 12.7. The molecule has 0 radical (unpaired) electrons. The Labute approximate surface area is 123 Å². The van der Waals surface area contributed by atoms with Crippen molar-refractivity contribution in [2.45, 2.75) is 38.7 Å². The van der Waals surface area contributed by atoms with E-state index >= 15 is 0 Å². The molecule has 0 aromatic carbocycles. The predicted octanol–water partition coefficient (Wildman–Crippen LogP) is 3.14. The van der Waals surface area contributed by atoms with Crippen molar-refractivity contribution >= 4 is 29.0 Å². The van der Waals surface area contributed by atoms with Crippen molar-refractivity contribution in [3.63, 3.8) is 0 Å². The number of hydrogen-bond acceptors (Lipinski definition) is 4. The number of amides is 1. The summed E-state index contributed by atoms with van der Waals surface area (Å²) in [7, 11) is 0. The maximum Gasteiger partial charge on any atom is 0.407 e. The summed E-state index contributed by atoms with van der Waals surface area (Å²) in [6.07, 6.45) is -0.435. The van der Waals surface area contributed by atoms with Crippen molar-refractivity contribution < 1.29 is 9.53 Å². The summed E-state index contributed by atoms with van der Waals surface area (Å²) >= 11 is 7.47. The molecule has 1 heterocycles. The van der Waals surface area contributed by atoms with E-state index in [1.54, 1.807) is 11.3 Å². The average molecular weight is 305 g/mol. The number of ether oxygens (including phenoxy) is 1. The highest BCUT2D eigenvalue weighted by Gasteiger charge is 2.28. The highest BCUT2D eigenvalue weighted by atomic mass is 35.5. The van der Waals surface area contributed by atoms with Crippen LogP contribution in [0.2, 0.25) is 5.02 Å². The normalized spacial score (nSPS) is 14.8. The van der Waals surface area contributed by atoms with Gasteiger partial charge in [0.2, 0.25) is 0 Å². The second-order valence-electron chi connectivity index (χ2n) is 5.75. The molecule has 3 N–H and O–H groups in total. The van der Waals surface area contributed by atoms with Gasteiger partial charge in [-0.2, -0.15) is 0 Å². The summed E-state index contributed by atoms with van der Waals surface area (Å²) < 4.78 is 5.21. The Morgan fingerprint density at radius 1 is 1.47 bits per heavy atom. The van der Waals surface area contributed by atoms with Gasteiger partial charge in [0.15, 0.2) is 0 Å². The van der Waals surface area contributed by atoms with E-state index in [-0.39, 0.29) is 5.41 Å². The predicted molar refractivity (Wildman–Crippen MR) is 80.0 cm³/mol. The van der Waals surface area contributed by atoms with Gasteiger partial charge in [0.25, 0.3) is 0 Å². The number of carbonyl (C=O) groups is 1. The summed E-state index contributed by atoms with van der Waals surface area (Å²) in [6.45, 7) is 8.30.